The van der Waals surface area contributed by atoms with Crippen LogP contribution in [0.1, 0.15) is 35.8 Å². The van der Waals surface area contributed by atoms with Crippen molar-refractivity contribution in [1.29, 1.82) is 0 Å². The predicted molar refractivity (Wildman–Crippen MR) is 94.0 cm³/mol. The molecule has 0 aliphatic carbocycles. The first-order chi connectivity index (χ1) is 12.0. The Hall–Kier alpha value is -2.22. The molecule has 0 spiro atoms. The number of carbonyl (C=O) groups excluding carboxylic acids is 1. The van der Waals surface area contributed by atoms with E-state index >= 15 is 0 Å². The van der Waals surface area contributed by atoms with Gasteiger partial charge in [0, 0.05) is 12.6 Å². The number of aromatic nitrogens is 3. The number of benzene rings is 1. The summed E-state index contributed by atoms with van der Waals surface area (Å²) in [6.45, 7) is 3.02. The summed E-state index contributed by atoms with van der Waals surface area (Å²) in [6, 6.07) is 9.53. The lowest BCUT2D eigenvalue weighted by molar-refractivity contribution is 0.0691. The van der Waals surface area contributed by atoms with Crippen LogP contribution in [0.3, 0.4) is 0 Å². The van der Waals surface area contributed by atoms with Crippen molar-refractivity contribution >= 4 is 15.7 Å². The normalized spacial score (nSPS) is 19.0. The maximum Gasteiger partial charge on any atom is 0.276 e. The molecule has 134 valence electrons. The van der Waals surface area contributed by atoms with Gasteiger partial charge in [0.1, 0.15) is 0 Å². The van der Waals surface area contributed by atoms with E-state index in [0.29, 0.717) is 19.5 Å². The van der Waals surface area contributed by atoms with Crippen molar-refractivity contribution < 1.29 is 13.2 Å². The van der Waals surface area contributed by atoms with E-state index in [-0.39, 0.29) is 29.1 Å². The maximum absolute atomic E-state index is 12.8. The molecule has 1 aliphatic heterocycles. The van der Waals surface area contributed by atoms with E-state index in [9.17, 15) is 13.2 Å². The van der Waals surface area contributed by atoms with E-state index in [0.717, 1.165) is 12.0 Å². The average molecular weight is 362 g/mol. The van der Waals surface area contributed by atoms with E-state index < -0.39 is 9.84 Å². The summed E-state index contributed by atoms with van der Waals surface area (Å²) in [5.74, 6) is -0.0637. The Morgan fingerprint density at radius 2 is 2.08 bits per heavy atom. The molecule has 8 heteroatoms. The summed E-state index contributed by atoms with van der Waals surface area (Å²) in [5.41, 5.74) is 1.33. The van der Waals surface area contributed by atoms with Crippen LogP contribution in [0.15, 0.2) is 36.5 Å². The van der Waals surface area contributed by atoms with E-state index in [2.05, 4.69) is 10.3 Å². The summed E-state index contributed by atoms with van der Waals surface area (Å²) >= 11 is 0. The fraction of sp³-hybridized carbons (Fsp3) is 0.471. The Labute approximate surface area is 147 Å². The van der Waals surface area contributed by atoms with Crippen molar-refractivity contribution in [1.82, 2.24) is 19.9 Å². The van der Waals surface area contributed by atoms with E-state index in [1.165, 1.54) is 0 Å². The van der Waals surface area contributed by atoms with Crippen LogP contribution in [0.2, 0.25) is 0 Å². The standard InChI is InChI=1S/C17H22N4O3S/c1-2-9-21(15-8-10-25(23,24)13-15)17(22)16-12-20(19-18-16)11-14-6-4-3-5-7-14/h3-7,12,15H,2,8-11,13H2,1H3. The largest absolute Gasteiger partial charge is 0.333 e. The summed E-state index contributed by atoms with van der Waals surface area (Å²) in [6.07, 6.45) is 2.88. The van der Waals surface area contributed by atoms with Gasteiger partial charge in [-0.15, -0.1) is 5.10 Å². The van der Waals surface area contributed by atoms with Crippen LogP contribution in [-0.2, 0) is 16.4 Å². The van der Waals surface area contributed by atoms with Gasteiger partial charge in [-0.3, -0.25) is 4.79 Å². The smallest absolute Gasteiger partial charge is 0.276 e. The molecular weight excluding hydrogens is 340 g/mol. The lowest BCUT2D eigenvalue weighted by Crippen LogP contribution is -2.41. The highest BCUT2D eigenvalue weighted by Crippen LogP contribution is 2.20. The zero-order valence-electron chi connectivity index (χ0n) is 14.2. The highest BCUT2D eigenvalue weighted by molar-refractivity contribution is 7.91. The quantitative estimate of drug-likeness (QED) is 0.775. The third-order valence-electron chi connectivity index (χ3n) is 4.32. The molecule has 0 bridgehead atoms. The second kappa shape index (κ2) is 7.35. The van der Waals surface area contributed by atoms with Gasteiger partial charge in [-0.1, -0.05) is 42.5 Å². The molecule has 7 nitrogen and oxygen atoms in total. The van der Waals surface area contributed by atoms with Crippen LogP contribution in [-0.4, -0.2) is 58.3 Å². The molecule has 1 atom stereocenters. The van der Waals surface area contributed by atoms with Crippen molar-refractivity contribution in [2.24, 2.45) is 0 Å². The van der Waals surface area contributed by atoms with Gasteiger partial charge in [-0.25, -0.2) is 13.1 Å². The monoisotopic (exact) mass is 362 g/mol. The minimum Gasteiger partial charge on any atom is -0.333 e. The molecule has 3 rings (SSSR count). The summed E-state index contributed by atoms with van der Waals surface area (Å²) in [4.78, 5) is 14.5. The molecule has 1 aliphatic rings. The molecule has 1 unspecified atom stereocenters. The number of nitrogens with zero attached hydrogens (tertiary/aromatic N) is 4. The first-order valence-corrected chi connectivity index (χ1v) is 10.3. The van der Waals surface area contributed by atoms with Crippen molar-refractivity contribution in [2.75, 3.05) is 18.1 Å². The van der Waals surface area contributed by atoms with Crippen LogP contribution >= 0.6 is 0 Å². The molecule has 1 amide bonds. The van der Waals surface area contributed by atoms with Crippen molar-refractivity contribution in [3.63, 3.8) is 0 Å². The fourth-order valence-corrected chi connectivity index (χ4v) is 4.83. The second-order valence-electron chi connectivity index (χ2n) is 6.34. The summed E-state index contributed by atoms with van der Waals surface area (Å²) in [7, 11) is -3.05. The number of sulfone groups is 1. The van der Waals surface area contributed by atoms with Crippen LogP contribution in [0.4, 0.5) is 0 Å². The van der Waals surface area contributed by atoms with Gasteiger partial charge < -0.3 is 4.90 Å². The van der Waals surface area contributed by atoms with Crippen LogP contribution in [0.5, 0.6) is 0 Å². The summed E-state index contributed by atoms with van der Waals surface area (Å²) < 4.78 is 25.1. The fourth-order valence-electron chi connectivity index (χ4n) is 3.10. The van der Waals surface area contributed by atoms with Crippen LogP contribution in [0, 0.1) is 0 Å². The first kappa shape index (κ1) is 17.6. The Morgan fingerprint density at radius 3 is 2.72 bits per heavy atom. The lowest BCUT2D eigenvalue weighted by atomic mass is 10.2. The third kappa shape index (κ3) is 4.25. The maximum atomic E-state index is 12.8. The Balaban J connectivity index is 1.74. The Kier molecular flexibility index (Phi) is 5.17. The molecule has 0 N–H and O–H groups in total. The SMILES string of the molecule is CCCN(C(=O)c1cn(Cc2ccccc2)nn1)C1CCS(=O)(=O)C1. The molecule has 1 saturated heterocycles. The van der Waals surface area contributed by atoms with Crippen molar-refractivity contribution in [2.45, 2.75) is 32.4 Å². The Morgan fingerprint density at radius 1 is 1.32 bits per heavy atom. The molecule has 25 heavy (non-hydrogen) atoms. The average Bonchev–Trinajstić information content (AvgIpc) is 3.19. The molecule has 1 aromatic heterocycles. The number of carbonyl (C=O) groups is 1. The minimum absolute atomic E-state index is 0.0386. The van der Waals surface area contributed by atoms with E-state index in [4.69, 9.17) is 0 Å². The number of amides is 1. The topological polar surface area (TPSA) is 85.2 Å². The van der Waals surface area contributed by atoms with E-state index in [1.807, 2.05) is 37.3 Å². The number of rotatable bonds is 6. The van der Waals surface area contributed by atoms with Crippen molar-refractivity contribution in [3.8, 4) is 0 Å². The highest BCUT2D eigenvalue weighted by Gasteiger charge is 2.35. The van der Waals surface area contributed by atoms with Gasteiger partial charge in [0.2, 0.25) is 0 Å². The molecular formula is C17H22N4O3S. The molecule has 2 aromatic rings. The molecule has 0 saturated carbocycles. The molecule has 0 radical (unpaired) electrons. The van der Waals surface area contributed by atoms with Gasteiger partial charge in [0.15, 0.2) is 15.5 Å². The second-order valence-corrected chi connectivity index (χ2v) is 8.57. The first-order valence-electron chi connectivity index (χ1n) is 8.44. The van der Waals surface area contributed by atoms with Gasteiger partial charge in [0.25, 0.3) is 5.91 Å². The third-order valence-corrected chi connectivity index (χ3v) is 6.07. The van der Waals surface area contributed by atoms with E-state index in [1.54, 1.807) is 15.8 Å². The Bertz CT molecular complexity index is 833. The lowest BCUT2D eigenvalue weighted by Gasteiger charge is -2.26. The highest BCUT2D eigenvalue weighted by atomic mass is 32.2. The zero-order chi connectivity index (χ0) is 17.9. The van der Waals surface area contributed by atoms with Crippen LogP contribution in [0.25, 0.3) is 0 Å². The van der Waals surface area contributed by atoms with Gasteiger partial charge in [0.05, 0.1) is 24.2 Å². The summed E-state index contributed by atoms with van der Waals surface area (Å²) in [5, 5.41) is 8.03. The van der Waals surface area contributed by atoms with Crippen molar-refractivity contribution in [3.05, 3.63) is 47.8 Å². The molecule has 1 fully saturated rings. The zero-order valence-corrected chi connectivity index (χ0v) is 15.0. The van der Waals surface area contributed by atoms with Gasteiger partial charge in [-0.05, 0) is 18.4 Å². The van der Waals surface area contributed by atoms with Gasteiger partial charge >= 0.3 is 0 Å². The van der Waals surface area contributed by atoms with Gasteiger partial charge in [-0.2, -0.15) is 0 Å². The molecule has 2 heterocycles. The number of hydrogen-bond acceptors (Lipinski definition) is 5. The predicted octanol–water partition coefficient (Wildman–Crippen LogP) is 1.37. The molecule has 1 aromatic carbocycles. The minimum atomic E-state index is -3.05. The number of hydrogen-bond donors (Lipinski definition) is 0. The van der Waals surface area contributed by atoms with Crippen LogP contribution < -0.4 is 0 Å².